The fraction of sp³-hybridized carbons (Fsp3) is 0.400. The highest BCUT2D eigenvalue weighted by Gasteiger charge is 2.42. The normalized spacial score (nSPS) is 30.8. The number of aliphatic hydroxyl groups excluding tert-OH is 6. The van der Waals surface area contributed by atoms with Crippen LogP contribution in [0.15, 0.2) is 39.5 Å². The van der Waals surface area contributed by atoms with Crippen molar-refractivity contribution >= 4 is 11.0 Å². The summed E-state index contributed by atoms with van der Waals surface area (Å²) >= 11 is 0. The molecule has 3 heterocycles. The lowest BCUT2D eigenvalue weighted by Crippen LogP contribution is -2.55. The van der Waals surface area contributed by atoms with Crippen molar-refractivity contribution in [3.63, 3.8) is 0 Å². The highest BCUT2D eigenvalue weighted by atomic mass is 16.7. The van der Waals surface area contributed by atoms with E-state index in [1.54, 1.807) is 0 Å². The minimum Gasteiger partial charge on any atom is -0.508 e. The molecule has 8 atom stereocenters. The predicted octanol–water partition coefficient (Wildman–Crippen LogP) is -1.79. The lowest BCUT2D eigenvalue weighted by atomic mass is 10.1. The van der Waals surface area contributed by atoms with Crippen LogP contribution < -0.4 is 14.9 Å². The number of ether oxygens (including phenoxy) is 4. The van der Waals surface area contributed by atoms with Crippen molar-refractivity contribution in [1.82, 2.24) is 0 Å². The first-order valence-electron chi connectivity index (χ1n) is 12.0. The average Bonchev–Trinajstić information content (AvgIpc) is 2.93. The number of hydrogen-bond donors (Lipinski definition) is 9. The molecule has 0 amide bonds. The molecule has 15 heteroatoms. The van der Waals surface area contributed by atoms with Crippen LogP contribution in [0.1, 0.15) is 0 Å². The Morgan fingerprint density at radius 3 is 1.77 bits per heavy atom. The van der Waals surface area contributed by atoms with Crippen LogP contribution in [0.25, 0.3) is 22.3 Å². The average molecular weight is 566 g/mol. The summed E-state index contributed by atoms with van der Waals surface area (Å²) in [5.74, 6) is -3.71. The highest BCUT2D eigenvalue weighted by molar-refractivity contribution is 5.95. The number of aliphatic hydroxyl groups is 6. The summed E-state index contributed by atoms with van der Waals surface area (Å²) in [6.45, 7) is -0.962. The smallest absolute Gasteiger partial charge is 0.229 e. The highest BCUT2D eigenvalue weighted by Crippen LogP contribution is 2.51. The summed E-state index contributed by atoms with van der Waals surface area (Å²) in [7, 11) is 0. The molecule has 0 radical (unpaired) electrons. The van der Waals surface area contributed by atoms with Crippen LogP contribution in [0.2, 0.25) is 0 Å². The molecule has 0 spiro atoms. The third kappa shape index (κ3) is 4.89. The van der Waals surface area contributed by atoms with Gasteiger partial charge in [-0.25, -0.2) is 0 Å². The third-order valence-electron chi connectivity index (χ3n) is 6.56. The predicted molar refractivity (Wildman–Crippen MR) is 130 cm³/mol. The van der Waals surface area contributed by atoms with Crippen molar-refractivity contribution in [1.29, 1.82) is 0 Å². The van der Waals surface area contributed by atoms with E-state index < -0.39 is 102 Å². The molecule has 2 fully saturated rings. The van der Waals surface area contributed by atoms with Crippen molar-refractivity contribution in [3.8, 4) is 40.1 Å². The van der Waals surface area contributed by atoms with E-state index in [4.69, 9.17) is 23.4 Å². The lowest BCUT2D eigenvalue weighted by Gasteiger charge is -2.36. The Balaban J connectivity index is 1.66. The molecule has 5 rings (SSSR count). The Bertz CT molecular complexity index is 1440. The molecular weight excluding hydrogens is 540 g/mol. The molecule has 1 aromatic heterocycles. The van der Waals surface area contributed by atoms with Gasteiger partial charge in [0.2, 0.25) is 29.8 Å². The number of rotatable bonds is 5. The Kier molecular flexibility index (Phi) is 7.47. The number of phenolic OH excluding ortho intramolecular Hbond substituents is 3. The third-order valence-corrected chi connectivity index (χ3v) is 6.56. The number of phenols is 3. The molecule has 2 aliphatic rings. The van der Waals surface area contributed by atoms with E-state index in [0.29, 0.717) is 5.56 Å². The zero-order valence-corrected chi connectivity index (χ0v) is 20.4. The maximum atomic E-state index is 13.2. The van der Waals surface area contributed by atoms with Gasteiger partial charge in [0, 0.05) is 11.6 Å². The first-order valence-corrected chi connectivity index (χ1v) is 12.0. The second-order valence-electron chi connectivity index (χ2n) is 9.32. The van der Waals surface area contributed by atoms with E-state index in [1.165, 1.54) is 24.3 Å². The second kappa shape index (κ2) is 10.7. The standard InChI is InChI=1S/C25H26O15/c26-9-3-1-8(2-4-9)13-5-10(27)14-17(32)22(39-24-18(33)15(30)11(28)6-36-24)20(35)23(21(14)38-13)40-25-19(34)16(31)12(29)7-37-25/h1-5,11-12,15-16,18-19,24-26,28-35H,6-7H2/t11-,12-,15+,16-,18-,19-,24+,25+/m1/s1. The van der Waals surface area contributed by atoms with Gasteiger partial charge < -0.3 is 69.3 Å². The van der Waals surface area contributed by atoms with Crippen molar-refractivity contribution < 1.29 is 69.3 Å². The van der Waals surface area contributed by atoms with Crippen LogP contribution in [-0.4, -0.2) is 108 Å². The van der Waals surface area contributed by atoms with Gasteiger partial charge in [-0.2, -0.15) is 0 Å². The van der Waals surface area contributed by atoms with Gasteiger partial charge in [0.05, 0.1) is 13.2 Å². The monoisotopic (exact) mass is 566 g/mol. The summed E-state index contributed by atoms with van der Waals surface area (Å²) in [6.07, 6.45) is -13.5. The summed E-state index contributed by atoms with van der Waals surface area (Å²) in [6, 6.07) is 6.48. The van der Waals surface area contributed by atoms with Crippen LogP contribution in [0.5, 0.6) is 28.7 Å². The Morgan fingerprint density at radius 1 is 0.700 bits per heavy atom. The molecule has 0 bridgehead atoms. The van der Waals surface area contributed by atoms with Crippen molar-refractivity contribution in [2.75, 3.05) is 13.2 Å². The van der Waals surface area contributed by atoms with E-state index in [9.17, 15) is 50.8 Å². The van der Waals surface area contributed by atoms with Gasteiger partial charge in [-0.15, -0.1) is 0 Å². The maximum Gasteiger partial charge on any atom is 0.229 e. The molecule has 0 unspecified atom stereocenters. The van der Waals surface area contributed by atoms with Gasteiger partial charge in [-0.3, -0.25) is 4.79 Å². The molecule has 40 heavy (non-hydrogen) atoms. The zero-order valence-electron chi connectivity index (χ0n) is 20.4. The molecule has 0 saturated carbocycles. The zero-order chi connectivity index (χ0) is 28.9. The minimum absolute atomic E-state index is 0.0677. The topological polar surface area (TPSA) is 249 Å². The largest absolute Gasteiger partial charge is 0.508 e. The number of benzene rings is 2. The molecule has 2 aliphatic heterocycles. The number of hydrogen-bond acceptors (Lipinski definition) is 15. The van der Waals surface area contributed by atoms with E-state index in [0.717, 1.165) is 6.07 Å². The molecule has 216 valence electrons. The summed E-state index contributed by atoms with van der Waals surface area (Å²) in [4.78, 5) is 13.2. The summed E-state index contributed by atoms with van der Waals surface area (Å²) in [5, 5.41) is 91.2. The van der Waals surface area contributed by atoms with Crippen LogP contribution in [0.4, 0.5) is 0 Å². The van der Waals surface area contributed by atoms with Crippen molar-refractivity contribution in [3.05, 3.63) is 40.6 Å². The SMILES string of the molecule is O=c1cc(-c2ccc(O)cc2)oc2c(O[C@@H]3OC[C@@H](O)[C@@H](O)[C@H]3O)c(O)c(O[C@@H]3OC[C@@H](O)[C@H](O)[C@H]3O)c(O)c12. The molecule has 3 aromatic rings. The molecule has 2 saturated heterocycles. The van der Waals surface area contributed by atoms with Crippen LogP contribution >= 0.6 is 0 Å². The van der Waals surface area contributed by atoms with Crippen molar-refractivity contribution in [2.24, 2.45) is 0 Å². The lowest BCUT2D eigenvalue weighted by molar-refractivity contribution is -0.243. The summed E-state index contributed by atoms with van der Waals surface area (Å²) in [5.41, 5.74) is -1.10. The minimum atomic E-state index is -1.85. The quantitative estimate of drug-likeness (QED) is 0.165. The molecule has 2 aromatic carbocycles. The van der Waals surface area contributed by atoms with Gasteiger partial charge in [0.25, 0.3) is 0 Å². The molecule has 0 aliphatic carbocycles. The Hall–Kier alpha value is -3.67. The fourth-order valence-corrected chi connectivity index (χ4v) is 4.30. The first-order chi connectivity index (χ1) is 19.0. The van der Waals surface area contributed by atoms with Crippen LogP contribution in [0.3, 0.4) is 0 Å². The first kappa shape index (κ1) is 27.9. The van der Waals surface area contributed by atoms with Gasteiger partial charge in [-0.1, -0.05) is 0 Å². The van der Waals surface area contributed by atoms with E-state index in [2.05, 4.69) is 0 Å². The molecule has 9 N–H and O–H groups in total. The Labute approximate surface area is 223 Å². The van der Waals surface area contributed by atoms with Gasteiger partial charge in [0.15, 0.2) is 16.8 Å². The molecule has 15 nitrogen and oxygen atoms in total. The van der Waals surface area contributed by atoms with E-state index >= 15 is 0 Å². The number of fused-ring (bicyclic) bond motifs is 1. The van der Waals surface area contributed by atoms with Crippen molar-refractivity contribution in [2.45, 2.75) is 49.2 Å². The molecular formula is C25H26O15. The number of aromatic hydroxyl groups is 3. The Morgan fingerprint density at radius 2 is 1.23 bits per heavy atom. The van der Waals surface area contributed by atoms with Crippen LogP contribution in [-0.2, 0) is 9.47 Å². The van der Waals surface area contributed by atoms with Gasteiger partial charge in [0.1, 0.15) is 53.5 Å². The fourth-order valence-electron chi connectivity index (χ4n) is 4.30. The maximum absolute atomic E-state index is 13.2. The summed E-state index contributed by atoms with van der Waals surface area (Å²) < 4.78 is 27.2. The van der Waals surface area contributed by atoms with Gasteiger partial charge >= 0.3 is 0 Å². The second-order valence-corrected chi connectivity index (χ2v) is 9.32. The van der Waals surface area contributed by atoms with E-state index in [-0.39, 0.29) is 11.5 Å². The van der Waals surface area contributed by atoms with E-state index in [1.807, 2.05) is 0 Å². The van der Waals surface area contributed by atoms with Gasteiger partial charge in [-0.05, 0) is 24.3 Å². The van der Waals surface area contributed by atoms with Crippen LogP contribution in [0, 0.1) is 0 Å².